The van der Waals surface area contributed by atoms with E-state index in [0.29, 0.717) is 22.3 Å². The fourth-order valence-electron chi connectivity index (χ4n) is 6.60. The van der Waals surface area contributed by atoms with Crippen molar-refractivity contribution in [2.24, 2.45) is 0 Å². The summed E-state index contributed by atoms with van der Waals surface area (Å²) in [6, 6.07) is 16.4. The third-order valence-electron chi connectivity index (χ3n) is 9.21. The van der Waals surface area contributed by atoms with E-state index in [2.05, 4.69) is 26.0 Å². The third-order valence-corrected chi connectivity index (χ3v) is 12.8. The van der Waals surface area contributed by atoms with Gasteiger partial charge in [-0.2, -0.15) is 15.0 Å². The SMILES string of the molecule is CC(C)(C)OC(=O)O[C@H]1[C@H](F)[C@H](n2ccc(N(C(=O)OC(C)(C)C)C(=O)OC(C)(C)C)nc2=O)S[C@@H]1COP(=O)(NC1(C(=O)O)CCCN1Cc1ccccc1)Oc1ccc(Br)cc1. The Morgan fingerprint density at radius 2 is 1.53 bits per heavy atom. The van der Waals surface area contributed by atoms with Crippen molar-refractivity contribution in [3.8, 4) is 5.75 Å². The molecule has 5 rings (SSSR count). The Balaban J connectivity index is 1.50. The van der Waals surface area contributed by atoms with Gasteiger partial charge in [0.15, 0.2) is 23.8 Å². The van der Waals surface area contributed by atoms with Crippen molar-refractivity contribution in [3.05, 3.63) is 87.4 Å². The molecule has 22 heteroatoms. The van der Waals surface area contributed by atoms with Gasteiger partial charge in [0.2, 0.25) is 0 Å². The molecule has 350 valence electrons. The van der Waals surface area contributed by atoms with Crippen molar-refractivity contribution < 1.29 is 61.2 Å². The number of nitrogens with one attached hydrogen (secondary N) is 1. The Morgan fingerprint density at radius 3 is 2.08 bits per heavy atom. The van der Waals surface area contributed by atoms with Crippen LogP contribution in [0.1, 0.15) is 86.1 Å². The van der Waals surface area contributed by atoms with E-state index in [1.807, 2.05) is 30.3 Å². The molecule has 64 heavy (non-hydrogen) atoms. The molecule has 6 atom stereocenters. The van der Waals surface area contributed by atoms with Crippen LogP contribution in [0, 0.1) is 0 Å². The maximum atomic E-state index is 16.8. The molecule has 0 bridgehead atoms. The highest BCUT2D eigenvalue weighted by Gasteiger charge is 2.55. The number of aliphatic carboxylic acids is 1. The minimum absolute atomic E-state index is 0.00853. The average Bonchev–Trinajstić information content (AvgIpc) is 3.69. The number of carbonyl (C=O) groups is 4. The number of imide groups is 1. The smallest absolute Gasteiger partial charge is 0.479 e. The second-order valence-electron chi connectivity index (χ2n) is 18.0. The molecule has 18 nitrogen and oxygen atoms in total. The molecule has 0 radical (unpaired) electrons. The van der Waals surface area contributed by atoms with Crippen LogP contribution in [-0.4, -0.2) is 97.0 Å². The topological polar surface area (TPSA) is 214 Å². The lowest BCUT2D eigenvalue weighted by atomic mass is 10.1. The zero-order chi connectivity index (χ0) is 47.4. The molecular formula is C42H54BrFN5O13PS. The standard InChI is InChI=1S/C42H54BrFN5O13PS/c1-39(2,3)59-36(53)49(37(54)60-40(4,5)6)30-20-23-48(35(52)45-30)33-31(44)32(58-38(55)61-41(7,8)9)29(64-33)25-57-63(56,62-28-18-16-27(43)17-19-28)46-42(34(50)51)21-13-22-47(42)24-26-14-11-10-12-15-26/h10-12,14-20,23,29,31-33H,13,21-22,24-25H2,1-9H3,(H,46,56)(H,50,51)/t29-,31+,32-,33-,42?,63?/m1/s1. The van der Waals surface area contributed by atoms with Crippen LogP contribution in [0.4, 0.5) is 24.6 Å². The number of likely N-dealkylation sites (tertiary alicyclic amines) is 1. The minimum Gasteiger partial charge on any atom is -0.479 e. The highest BCUT2D eigenvalue weighted by atomic mass is 79.9. The van der Waals surface area contributed by atoms with Gasteiger partial charge in [-0.05, 0) is 111 Å². The van der Waals surface area contributed by atoms with Crippen LogP contribution in [0.2, 0.25) is 0 Å². The van der Waals surface area contributed by atoms with Crippen LogP contribution in [0.5, 0.6) is 5.75 Å². The lowest BCUT2D eigenvalue weighted by Crippen LogP contribution is -2.59. The van der Waals surface area contributed by atoms with E-state index < -0.39 is 95.5 Å². The van der Waals surface area contributed by atoms with Crippen LogP contribution in [0.15, 0.2) is 76.1 Å². The summed E-state index contributed by atoms with van der Waals surface area (Å²) in [5.74, 6) is -1.79. The van der Waals surface area contributed by atoms with E-state index in [4.69, 9.17) is 28.0 Å². The number of carboxylic acids is 1. The zero-order valence-electron chi connectivity index (χ0n) is 36.9. The molecule has 2 aliphatic rings. The first-order valence-corrected chi connectivity index (χ1v) is 23.5. The van der Waals surface area contributed by atoms with Crippen LogP contribution < -0.4 is 20.2 Å². The van der Waals surface area contributed by atoms with Gasteiger partial charge in [-0.1, -0.05) is 46.3 Å². The number of thioether (sulfide) groups is 1. The van der Waals surface area contributed by atoms with Crippen molar-refractivity contribution in [3.63, 3.8) is 0 Å². The number of benzene rings is 2. The Labute approximate surface area is 383 Å². The number of carbonyl (C=O) groups excluding carboxylic acids is 3. The molecule has 0 saturated carbocycles. The third kappa shape index (κ3) is 13.3. The molecule has 3 aromatic rings. The van der Waals surface area contributed by atoms with Gasteiger partial charge in [-0.15, -0.1) is 11.8 Å². The molecule has 2 amide bonds. The fourth-order valence-corrected chi connectivity index (χ4v) is 10.1. The first-order valence-electron chi connectivity index (χ1n) is 20.2. The second-order valence-corrected chi connectivity index (χ2v) is 21.9. The number of alkyl halides is 1. The van der Waals surface area contributed by atoms with Crippen molar-refractivity contribution in [2.45, 2.75) is 127 Å². The summed E-state index contributed by atoms with van der Waals surface area (Å²) in [6.07, 6.45) is -6.02. The predicted octanol–water partition coefficient (Wildman–Crippen LogP) is 8.83. The van der Waals surface area contributed by atoms with Crippen molar-refractivity contribution >= 4 is 65.6 Å². The van der Waals surface area contributed by atoms with Crippen LogP contribution >= 0.6 is 35.4 Å². The Hall–Kier alpha value is -4.53. The molecule has 2 aromatic carbocycles. The van der Waals surface area contributed by atoms with E-state index in [1.54, 1.807) is 79.3 Å². The van der Waals surface area contributed by atoms with Crippen LogP contribution in [0.3, 0.4) is 0 Å². The lowest BCUT2D eigenvalue weighted by molar-refractivity contribution is -0.151. The Bertz CT molecular complexity index is 2240. The molecular weight excluding hydrogens is 944 g/mol. The summed E-state index contributed by atoms with van der Waals surface area (Å²) in [4.78, 5) is 72.6. The largest absolute Gasteiger partial charge is 0.509 e. The van der Waals surface area contributed by atoms with E-state index in [9.17, 15) is 29.1 Å². The van der Waals surface area contributed by atoms with Gasteiger partial charge in [0, 0.05) is 23.8 Å². The lowest BCUT2D eigenvalue weighted by Gasteiger charge is -2.37. The summed E-state index contributed by atoms with van der Waals surface area (Å²) in [6.45, 7) is 13.9. The number of halogens is 2. The minimum atomic E-state index is -4.77. The summed E-state index contributed by atoms with van der Waals surface area (Å²) in [5.41, 5.74) is -5.46. The molecule has 3 heterocycles. The number of hydrogen-bond donors (Lipinski definition) is 2. The molecule has 1 aromatic heterocycles. The number of carboxylic acid groups (broad SMARTS) is 1. The number of nitrogens with zero attached hydrogens (tertiary/aromatic N) is 4. The summed E-state index contributed by atoms with van der Waals surface area (Å²) < 4.78 is 67.0. The van der Waals surface area contributed by atoms with E-state index in [1.165, 1.54) is 12.1 Å². The molecule has 0 spiro atoms. The molecule has 2 saturated heterocycles. The monoisotopic (exact) mass is 997 g/mol. The van der Waals surface area contributed by atoms with Gasteiger partial charge >= 0.3 is 37.7 Å². The van der Waals surface area contributed by atoms with Crippen molar-refractivity contribution in [1.29, 1.82) is 0 Å². The molecule has 0 aliphatic carbocycles. The Morgan fingerprint density at radius 1 is 0.938 bits per heavy atom. The number of amides is 2. The van der Waals surface area contributed by atoms with Gasteiger partial charge in [-0.3, -0.25) is 14.0 Å². The van der Waals surface area contributed by atoms with Crippen LogP contribution in [-0.2, 0) is 39.4 Å². The molecule has 2 fully saturated rings. The highest BCUT2D eigenvalue weighted by molar-refractivity contribution is 9.10. The van der Waals surface area contributed by atoms with Crippen LogP contribution in [0.25, 0.3) is 0 Å². The second kappa shape index (κ2) is 19.9. The van der Waals surface area contributed by atoms with E-state index >= 15 is 8.96 Å². The first-order chi connectivity index (χ1) is 29.7. The van der Waals surface area contributed by atoms with E-state index in [0.717, 1.165) is 34.2 Å². The molecule has 2 aliphatic heterocycles. The summed E-state index contributed by atoms with van der Waals surface area (Å²) in [5, 5.41) is 10.8. The fraction of sp³-hybridized carbons (Fsp3) is 0.524. The van der Waals surface area contributed by atoms with Gasteiger partial charge in [-0.25, -0.2) is 32.9 Å². The molecule has 2 N–H and O–H groups in total. The average molecular weight is 999 g/mol. The van der Waals surface area contributed by atoms with Gasteiger partial charge in [0.25, 0.3) is 0 Å². The maximum Gasteiger partial charge on any atom is 0.509 e. The van der Waals surface area contributed by atoms with Gasteiger partial charge in [0.05, 0.1) is 11.9 Å². The quantitative estimate of drug-likeness (QED) is 0.0929. The number of ether oxygens (including phenoxy) is 4. The van der Waals surface area contributed by atoms with Crippen molar-refractivity contribution in [1.82, 2.24) is 19.5 Å². The zero-order valence-corrected chi connectivity index (χ0v) is 40.2. The normalized spacial score (nSPS) is 22.5. The maximum absolute atomic E-state index is 16.8. The van der Waals surface area contributed by atoms with Gasteiger partial charge < -0.3 is 28.6 Å². The van der Waals surface area contributed by atoms with Crippen molar-refractivity contribution in [2.75, 3.05) is 18.1 Å². The first kappa shape index (κ1) is 50.5. The number of aromatic nitrogens is 2. The molecule has 2 unspecified atom stereocenters. The number of anilines is 1. The number of rotatable bonds is 13. The predicted molar refractivity (Wildman–Crippen MR) is 238 cm³/mol. The van der Waals surface area contributed by atoms with Gasteiger partial charge in [0.1, 0.15) is 27.9 Å². The summed E-state index contributed by atoms with van der Waals surface area (Å²) in [7, 11) is -4.77. The van der Waals surface area contributed by atoms with E-state index in [-0.39, 0.29) is 18.7 Å². The Kier molecular flexibility index (Phi) is 15.7. The highest BCUT2D eigenvalue weighted by Crippen LogP contribution is 2.52. The summed E-state index contributed by atoms with van der Waals surface area (Å²) >= 11 is 4.10. The number of hydrogen-bond acceptors (Lipinski definition) is 15.